The van der Waals surface area contributed by atoms with Gasteiger partial charge in [0, 0.05) is 0 Å². The Balaban J connectivity index is 2.29. The summed E-state index contributed by atoms with van der Waals surface area (Å²) >= 11 is 0. The maximum absolute atomic E-state index is 11.2. The fraction of sp³-hybridized carbons (Fsp3) is 0.900. The summed E-state index contributed by atoms with van der Waals surface area (Å²) in [7, 11) is 0. The molecule has 1 unspecified atom stereocenters. The number of carbonyl (C=O) groups excluding carboxylic acids is 1. The van der Waals surface area contributed by atoms with Crippen LogP contribution in [0.1, 0.15) is 45.4 Å². The van der Waals surface area contributed by atoms with Gasteiger partial charge in [-0.15, -0.1) is 0 Å². The topological polar surface area (TPSA) is 52.3 Å². The Bertz CT molecular complexity index is 160. The Morgan fingerprint density at radius 2 is 1.85 bits per heavy atom. The molecule has 0 aliphatic heterocycles. The Morgan fingerprint density at radius 3 is 2.31 bits per heavy atom. The van der Waals surface area contributed by atoms with Gasteiger partial charge in [-0.3, -0.25) is 4.79 Å². The third-order valence-corrected chi connectivity index (χ3v) is 2.46. The van der Waals surface area contributed by atoms with Crippen molar-refractivity contribution >= 4 is 5.97 Å². The Hall–Kier alpha value is -0.570. The third-order valence-electron chi connectivity index (χ3n) is 2.46. The van der Waals surface area contributed by atoms with Crippen molar-refractivity contribution in [1.29, 1.82) is 0 Å². The van der Waals surface area contributed by atoms with Crippen LogP contribution in [-0.4, -0.2) is 18.1 Å². The van der Waals surface area contributed by atoms with Gasteiger partial charge < -0.3 is 10.5 Å². The lowest BCUT2D eigenvalue weighted by atomic mass is 10.1. The zero-order valence-corrected chi connectivity index (χ0v) is 8.29. The quantitative estimate of drug-likeness (QED) is 0.525. The number of hydrogen-bond donors (Lipinski definition) is 1. The second-order valence-electron chi connectivity index (χ2n) is 3.84. The van der Waals surface area contributed by atoms with Crippen molar-refractivity contribution in [2.24, 2.45) is 5.73 Å². The molecule has 3 nitrogen and oxygen atoms in total. The summed E-state index contributed by atoms with van der Waals surface area (Å²) in [6.45, 7) is 1.67. The van der Waals surface area contributed by atoms with E-state index in [4.69, 9.17) is 10.5 Å². The van der Waals surface area contributed by atoms with Gasteiger partial charge in [-0.05, 0) is 32.6 Å². The zero-order chi connectivity index (χ0) is 9.68. The van der Waals surface area contributed by atoms with Crippen LogP contribution in [-0.2, 0) is 9.53 Å². The highest BCUT2D eigenvalue weighted by atomic mass is 16.5. The SMILES string of the molecule is CC(N)C(=O)OC1CCCCCC1. The zero-order valence-electron chi connectivity index (χ0n) is 8.29. The van der Waals surface area contributed by atoms with Crippen LogP contribution in [0.2, 0.25) is 0 Å². The Labute approximate surface area is 79.6 Å². The van der Waals surface area contributed by atoms with E-state index in [9.17, 15) is 4.79 Å². The van der Waals surface area contributed by atoms with Crippen LogP contribution in [0.4, 0.5) is 0 Å². The molecule has 76 valence electrons. The lowest BCUT2D eigenvalue weighted by molar-refractivity contribution is -0.150. The van der Waals surface area contributed by atoms with E-state index in [2.05, 4.69) is 0 Å². The summed E-state index contributed by atoms with van der Waals surface area (Å²) in [5.74, 6) is -0.258. The number of rotatable bonds is 2. The number of ether oxygens (including phenoxy) is 1. The summed E-state index contributed by atoms with van der Waals surface area (Å²) in [5.41, 5.74) is 5.42. The molecule has 1 atom stereocenters. The molecule has 2 N–H and O–H groups in total. The first kappa shape index (κ1) is 10.5. The van der Waals surface area contributed by atoms with E-state index in [1.54, 1.807) is 6.92 Å². The fourth-order valence-electron chi connectivity index (χ4n) is 1.63. The van der Waals surface area contributed by atoms with E-state index in [0.29, 0.717) is 0 Å². The molecule has 0 spiro atoms. The molecule has 0 bridgehead atoms. The van der Waals surface area contributed by atoms with Gasteiger partial charge in [-0.1, -0.05) is 12.8 Å². The molecule has 1 saturated carbocycles. The minimum Gasteiger partial charge on any atom is -0.461 e. The van der Waals surface area contributed by atoms with Crippen LogP contribution in [0, 0.1) is 0 Å². The number of esters is 1. The average molecular weight is 185 g/mol. The number of carbonyl (C=O) groups is 1. The fourth-order valence-corrected chi connectivity index (χ4v) is 1.63. The molecule has 13 heavy (non-hydrogen) atoms. The highest BCUT2D eigenvalue weighted by molar-refractivity contribution is 5.75. The second kappa shape index (κ2) is 5.22. The lowest BCUT2D eigenvalue weighted by Crippen LogP contribution is -2.32. The summed E-state index contributed by atoms with van der Waals surface area (Å²) in [5, 5.41) is 0. The van der Waals surface area contributed by atoms with Crippen LogP contribution < -0.4 is 5.73 Å². The molecule has 0 aromatic heterocycles. The highest BCUT2D eigenvalue weighted by Crippen LogP contribution is 2.19. The minimum atomic E-state index is -0.483. The second-order valence-corrected chi connectivity index (χ2v) is 3.84. The number of nitrogens with two attached hydrogens (primary N) is 1. The average Bonchev–Trinajstić information content (AvgIpc) is 2.32. The van der Waals surface area contributed by atoms with Crippen LogP contribution >= 0.6 is 0 Å². The molecular weight excluding hydrogens is 166 g/mol. The van der Waals surface area contributed by atoms with Crippen molar-refractivity contribution in [3.8, 4) is 0 Å². The Kier molecular flexibility index (Phi) is 4.22. The monoisotopic (exact) mass is 185 g/mol. The number of hydrogen-bond acceptors (Lipinski definition) is 3. The highest BCUT2D eigenvalue weighted by Gasteiger charge is 2.18. The van der Waals surface area contributed by atoms with E-state index in [1.165, 1.54) is 25.7 Å². The summed E-state index contributed by atoms with van der Waals surface area (Å²) < 4.78 is 5.27. The first-order valence-electron chi connectivity index (χ1n) is 5.16. The lowest BCUT2D eigenvalue weighted by Gasteiger charge is -2.16. The van der Waals surface area contributed by atoms with Crippen molar-refractivity contribution in [2.45, 2.75) is 57.6 Å². The molecule has 1 aliphatic carbocycles. The molecule has 1 aliphatic rings. The summed E-state index contributed by atoms with van der Waals surface area (Å²) in [6.07, 6.45) is 7.05. The van der Waals surface area contributed by atoms with Gasteiger partial charge in [0.2, 0.25) is 0 Å². The molecule has 0 aromatic rings. The van der Waals surface area contributed by atoms with Crippen molar-refractivity contribution in [3.05, 3.63) is 0 Å². The van der Waals surface area contributed by atoms with Gasteiger partial charge in [0.1, 0.15) is 12.1 Å². The third kappa shape index (κ3) is 3.77. The van der Waals surface area contributed by atoms with Crippen LogP contribution in [0.5, 0.6) is 0 Å². The van der Waals surface area contributed by atoms with Crippen molar-refractivity contribution in [1.82, 2.24) is 0 Å². The first-order chi connectivity index (χ1) is 6.20. The van der Waals surface area contributed by atoms with Gasteiger partial charge >= 0.3 is 5.97 Å². The van der Waals surface area contributed by atoms with Crippen LogP contribution in [0.3, 0.4) is 0 Å². The molecule has 0 radical (unpaired) electrons. The molecule has 0 amide bonds. The van der Waals surface area contributed by atoms with Crippen molar-refractivity contribution in [2.75, 3.05) is 0 Å². The van der Waals surface area contributed by atoms with Gasteiger partial charge in [0.25, 0.3) is 0 Å². The van der Waals surface area contributed by atoms with Crippen LogP contribution in [0.15, 0.2) is 0 Å². The predicted molar refractivity (Wildman–Crippen MR) is 51.2 cm³/mol. The van der Waals surface area contributed by atoms with Gasteiger partial charge in [-0.25, -0.2) is 0 Å². The van der Waals surface area contributed by atoms with E-state index < -0.39 is 6.04 Å². The summed E-state index contributed by atoms with van der Waals surface area (Å²) in [6, 6.07) is -0.483. The van der Waals surface area contributed by atoms with Gasteiger partial charge in [0.15, 0.2) is 0 Å². The minimum absolute atomic E-state index is 0.126. The normalized spacial score (nSPS) is 22.0. The smallest absolute Gasteiger partial charge is 0.322 e. The molecule has 0 heterocycles. The maximum Gasteiger partial charge on any atom is 0.322 e. The molecule has 1 fully saturated rings. The Morgan fingerprint density at radius 1 is 1.31 bits per heavy atom. The van der Waals surface area contributed by atoms with E-state index in [0.717, 1.165) is 12.8 Å². The molecule has 0 aromatic carbocycles. The first-order valence-corrected chi connectivity index (χ1v) is 5.16. The van der Waals surface area contributed by atoms with E-state index in [1.807, 2.05) is 0 Å². The molecule has 3 heteroatoms. The molecule has 0 saturated heterocycles. The van der Waals surface area contributed by atoms with E-state index in [-0.39, 0.29) is 12.1 Å². The van der Waals surface area contributed by atoms with Crippen LogP contribution in [0.25, 0.3) is 0 Å². The van der Waals surface area contributed by atoms with Crippen molar-refractivity contribution in [3.63, 3.8) is 0 Å². The molecular formula is C10H19NO2. The predicted octanol–water partition coefficient (Wildman–Crippen LogP) is 1.60. The van der Waals surface area contributed by atoms with Gasteiger partial charge in [-0.2, -0.15) is 0 Å². The summed E-state index contributed by atoms with van der Waals surface area (Å²) in [4.78, 5) is 11.2. The maximum atomic E-state index is 11.2. The molecule has 1 rings (SSSR count). The van der Waals surface area contributed by atoms with Crippen molar-refractivity contribution < 1.29 is 9.53 Å². The standard InChI is InChI=1S/C10H19NO2/c1-8(11)10(12)13-9-6-4-2-3-5-7-9/h8-9H,2-7,11H2,1H3. The van der Waals surface area contributed by atoms with E-state index >= 15 is 0 Å². The largest absolute Gasteiger partial charge is 0.461 e. The van der Waals surface area contributed by atoms with Gasteiger partial charge in [0.05, 0.1) is 0 Å².